The number of hydrogen-bond donors (Lipinski definition) is 4. The first kappa shape index (κ1) is 31.5. The molecule has 8 nitrogen and oxygen atoms in total. The lowest BCUT2D eigenvalue weighted by atomic mass is 9.85. The average molecular weight is 559 g/mol. The molecule has 218 valence electrons. The van der Waals surface area contributed by atoms with Gasteiger partial charge in [0.05, 0.1) is 6.04 Å². The number of hydroxylamine groups is 1. The van der Waals surface area contributed by atoms with E-state index in [0.29, 0.717) is 12.8 Å². The van der Waals surface area contributed by atoms with E-state index in [2.05, 4.69) is 52.9 Å². The Labute approximate surface area is 242 Å². The van der Waals surface area contributed by atoms with Crippen LogP contribution in [-0.2, 0) is 20.8 Å². The van der Waals surface area contributed by atoms with Crippen LogP contribution >= 0.6 is 0 Å². The van der Waals surface area contributed by atoms with Gasteiger partial charge in [-0.3, -0.25) is 24.6 Å². The van der Waals surface area contributed by atoms with Crippen molar-refractivity contribution in [3.05, 3.63) is 89.7 Å². The monoisotopic (exact) mass is 558 g/mol. The van der Waals surface area contributed by atoms with Gasteiger partial charge >= 0.3 is 0 Å². The van der Waals surface area contributed by atoms with Crippen LogP contribution in [0.25, 0.3) is 11.1 Å². The second kappa shape index (κ2) is 14.6. The fraction of sp³-hybridized carbons (Fsp3) is 0.394. The average Bonchev–Trinajstić information content (AvgIpc) is 2.95. The number of pyridine rings is 1. The zero-order chi connectivity index (χ0) is 30.0. The predicted molar refractivity (Wildman–Crippen MR) is 160 cm³/mol. The van der Waals surface area contributed by atoms with Gasteiger partial charge in [0.1, 0.15) is 6.04 Å². The number of carbonyl (C=O) groups is 3. The van der Waals surface area contributed by atoms with Crippen LogP contribution in [-0.4, -0.2) is 34.0 Å². The number of amides is 3. The largest absolute Gasteiger partial charge is 0.348 e. The Hall–Kier alpha value is -4.04. The lowest BCUT2D eigenvalue weighted by molar-refractivity contribution is -0.137. The molecule has 0 aliphatic heterocycles. The number of nitrogens with zero attached hydrogens (tertiary/aromatic N) is 1. The van der Waals surface area contributed by atoms with E-state index in [0.717, 1.165) is 23.1 Å². The predicted octanol–water partition coefficient (Wildman–Crippen LogP) is 5.30. The summed E-state index contributed by atoms with van der Waals surface area (Å²) >= 11 is 0. The smallest absolute Gasteiger partial charge is 0.244 e. The Balaban J connectivity index is 1.67. The molecule has 3 atom stereocenters. The Bertz CT molecular complexity index is 1310. The quantitative estimate of drug-likeness (QED) is 0.178. The summed E-state index contributed by atoms with van der Waals surface area (Å²) in [5.41, 5.74) is 6.55. The van der Waals surface area contributed by atoms with Crippen LogP contribution in [0.3, 0.4) is 0 Å². The summed E-state index contributed by atoms with van der Waals surface area (Å²) in [6.07, 6.45) is 4.98. The molecule has 0 saturated heterocycles. The van der Waals surface area contributed by atoms with E-state index in [9.17, 15) is 14.4 Å². The maximum absolute atomic E-state index is 13.4. The minimum absolute atomic E-state index is 0.182. The summed E-state index contributed by atoms with van der Waals surface area (Å²) in [6.45, 7) is 9.58. The van der Waals surface area contributed by atoms with Gasteiger partial charge in [0.2, 0.25) is 17.7 Å². The molecule has 3 amide bonds. The van der Waals surface area contributed by atoms with Crippen molar-refractivity contribution in [3.63, 3.8) is 0 Å². The molecule has 8 heteroatoms. The molecule has 0 radical (unpaired) electrons. The van der Waals surface area contributed by atoms with E-state index in [4.69, 9.17) is 5.21 Å². The van der Waals surface area contributed by atoms with Crippen LogP contribution in [0.4, 0.5) is 0 Å². The van der Waals surface area contributed by atoms with Crippen LogP contribution < -0.4 is 16.1 Å². The van der Waals surface area contributed by atoms with Crippen molar-refractivity contribution in [1.82, 2.24) is 21.1 Å². The molecule has 41 heavy (non-hydrogen) atoms. The fourth-order valence-electron chi connectivity index (χ4n) is 4.92. The summed E-state index contributed by atoms with van der Waals surface area (Å²) in [7, 11) is 0. The second-order valence-corrected chi connectivity index (χ2v) is 11.7. The lowest BCUT2D eigenvalue weighted by Gasteiger charge is -2.32. The molecule has 0 saturated carbocycles. The number of carbonyl (C=O) groups excluding carboxylic acids is 3. The zero-order valence-corrected chi connectivity index (χ0v) is 24.6. The highest BCUT2D eigenvalue weighted by Crippen LogP contribution is 2.26. The van der Waals surface area contributed by atoms with Crippen LogP contribution in [0.15, 0.2) is 73.1 Å². The Morgan fingerprint density at radius 1 is 0.951 bits per heavy atom. The maximum Gasteiger partial charge on any atom is 0.244 e. The number of nitrogens with one attached hydrogen (secondary N) is 3. The molecular formula is C33H42N4O4. The summed E-state index contributed by atoms with van der Waals surface area (Å²) in [5.74, 6) is -2.06. The lowest BCUT2D eigenvalue weighted by Crippen LogP contribution is -2.55. The van der Waals surface area contributed by atoms with Crippen molar-refractivity contribution in [3.8, 4) is 11.1 Å². The molecular weight excluding hydrogens is 516 g/mol. The van der Waals surface area contributed by atoms with E-state index in [-0.39, 0.29) is 18.4 Å². The van der Waals surface area contributed by atoms with Crippen molar-refractivity contribution in [2.24, 2.45) is 11.3 Å². The van der Waals surface area contributed by atoms with Crippen molar-refractivity contribution >= 4 is 17.7 Å². The molecule has 0 spiro atoms. The van der Waals surface area contributed by atoms with E-state index in [1.165, 1.54) is 11.1 Å². The van der Waals surface area contributed by atoms with Gasteiger partial charge in [0.15, 0.2) is 0 Å². The number of rotatable bonds is 12. The molecule has 3 rings (SSSR count). The SMILES string of the molecule is Cc1cc(CCCC(CC(=O)NO)C(=O)NC(C(=O)NC(C)c2cccnc2)C(C)(C)C)ccc1-c1ccccc1. The van der Waals surface area contributed by atoms with Crippen LogP contribution in [0.5, 0.6) is 0 Å². The van der Waals surface area contributed by atoms with E-state index >= 15 is 0 Å². The van der Waals surface area contributed by atoms with Gasteiger partial charge in [-0.2, -0.15) is 0 Å². The number of hydrogen-bond acceptors (Lipinski definition) is 5. The summed E-state index contributed by atoms with van der Waals surface area (Å²) in [6, 6.07) is 19.1. The van der Waals surface area contributed by atoms with E-state index < -0.39 is 29.2 Å². The third-order valence-electron chi connectivity index (χ3n) is 7.28. The third-order valence-corrected chi connectivity index (χ3v) is 7.28. The molecule has 0 fully saturated rings. The zero-order valence-electron chi connectivity index (χ0n) is 24.6. The van der Waals surface area contributed by atoms with Crippen molar-refractivity contribution in [2.75, 3.05) is 0 Å². The van der Waals surface area contributed by atoms with Crippen LogP contribution in [0, 0.1) is 18.3 Å². The molecule has 0 bridgehead atoms. The van der Waals surface area contributed by atoms with Gasteiger partial charge in [0.25, 0.3) is 0 Å². The second-order valence-electron chi connectivity index (χ2n) is 11.7. The molecule has 0 aliphatic carbocycles. The van der Waals surface area contributed by atoms with Gasteiger partial charge in [0, 0.05) is 24.7 Å². The highest BCUT2D eigenvalue weighted by Gasteiger charge is 2.35. The Morgan fingerprint density at radius 2 is 1.68 bits per heavy atom. The van der Waals surface area contributed by atoms with E-state index in [1.54, 1.807) is 23.9 Å². The fourth-order valence-corrected chi connectivity index (χ4v) is 4.92. The van der Waals surface area contributed by atoms with Gasteiger partial charge < -0.3 is 10.6 Å². The number of benzene rings is 2. The summed E-state index contributed by atoms with van der Waals surface area (Å²) in [5, 5.41) is 15.0. The van der Waals surface area contributed by atoms with E-state index in [1.807, 2.05) is 52.0 Å². The minimum atomic E-state index is -0.831. The van der Waals surface area contributed by atoms with Crippen molar-refractivity contribution in [2.45, 2.75) is 72.4 Å². The first-order valence-electron chi connectivity index (χ1n) is 14.1. The number of aromatic nitrogens is 1. The van der Waals surface area contributed by atoms with Crippen LogP contribution in [0.1, 0.15) is 69.7 Å². The third kappa shape index (κ3) is 9.25. The van der Waals surface area contributed by atoms with Crippen molar-refractivity contribution < 1.29 is 19.6 Å². The maximum atomic E-state index is 13.4. The molecule has 0 aliphatic rings. The molecule has 3 unspecified atom stereocenters. The molecule has 3 aromatic rings. The topological polar surface area (TPSA) is 120 Å². The Morgan fingerprint density at radius 3 is 2.29 bits per heavy atom. The molecule has 1 aromatic heterocycles. The van der Waals surface area contributed by atoms with Crippen molar-refractivity contribution in [1.29, 1.82) is 0 Å². The first-order chi connectivity index (χ1) is 19.5. The van der Waals surface area contributed by atoms with Gasteiger partial charge in [-0.25, -0.2) is 5.48 Å². The van der Waals surface area contributed by atoms with Gasteiger partial charge in [-0.15, -0.1) is 0 Å². The van der Waals surface area contributed by atoms with Gasteiger partial charge in [-0.05, 0) is 72.4 Å². The highest BCUT2D eigenvalue weighted by atomic mass is 16.5. The molecule has 4 N–H and O–H groups in total. The summed E-state index contributed by atoms with van der Waals surface area (Å²) in [4.78, 5) is 42.9. The first-order valence-corrected chi connectivity index (χ1v) is 14.1. The Kier molecular flexibility index (Phi) is 11.2. The van der Waals surface area contributed by atoms with Crippen LogP contribution in [0.2, 0.25) is 0 Å². The standard InChI is InChI=1S/C33H42N4O4/c1-22-19-24(16-17-28(22)25-12-7-6-8-13-25)11-9-14-26(20-29(38)37-41)31(39)36-30(33(3,4)5)32(40)35-23(2)27-15-10-18-34-21-27/h6-8,10,12-13,15-19,21,23,26,30,41H,9,11,14,20H2,1-5H3,(H,35,40)(H,36,39)(H,37,38). The normalized spacial score (nSPS) is 13.5. The number of aryl methyl sites for hydroxylation is 2. The molecule has 2 aromatic carbocycles. The highest BCUT2D eigenvalue weighted by molar-refractivity contribution is 5.91. The summed E-state index contributed by atoms with van der Waals surface area (Å²) < 4.78 is 0. The van der Waals surface area contributed by atoms with Gasteiger partial charge in [-0.1, -0.05) is 75.4 Å². The minimum Gasteiger partial charge on any atom is -0.348 e. The molecule has 1 heterocycles.